The molecule has 3 N–H and O–H groups in total. The van der Waals surface area contributed by atoms with E-state index in [0.717, 1.165) is 16.9 Å². The first-order valence-electron chi connectivity index (χ1n) is 10.8. The van der Waals surface area contributed by atoms with Gasteiger partial charge in [-0.2, -0.15) is 31.4 Å². The van der Waals surface area contributed by atoms with Crippen LogP contribution >= 0.6 is 0 Å². The van der Waals surface area contributed by atoms with Gasteiger partial charge in [-0.15, -0.1) is 0 Å². The summed E-state index contributed by atoms with van der Waals surface area (Å²) in [5.41, 5.74) is 2.44. The minimum atomic E-state index is -4.79. The molecule has 0 saturated carbocycles. The molecule has 2 heterocycles. The number of benzene rings is 2. The molecule has 1 atom stereocenters. The van der Waals surface area contributed by atoms with Crippen LogP contribution in [-0.4, -0.2) is 27.6 Å². The van der Waals surface area contributed by atoms with Crippen molar-refractivity contribution < 1.29 is 40.3 Å². The van der Waals surface area contributed by atoms with Crippen molar-refractivity contribution in [1.82, 2.24) is 19.9 Å². The molecule has 4 aromatic rings. The summed E-state index contributed by atoms with van der Waals surface area (Å²) >= 11 is 0. The van der Waals surface area contributed by atoms with Crippen LogP contribution in [0.4, 0.5) is 36.6 Å². The van der Waals surface area contributed by atoms with E-state index in [1.807, 2.05) is 0 Å². The van der Waals surface area contributed by atoms with Crippen LogP contribution in [0.5, 0.6) is 5.75 Å². The predicted octanol–water partition coefficient (Wildman–Crippen LogP) is 5.65. The molecular formula is C24H18F7N5O2. The van der Waals surface area contributed by atoms with Crippen LogP contribution in [-0.2, 0) is 12.4 Å². The van der Waals surface area contributed by atoms with Gasteiger partial charge in [-0.05, 0) is 49.4 Å². The summed E-state index contributed by atoms with van der Waals surface area (Å²) in [7, 11) is 1.24. The molecule has 2 aromatic carbocycles. The maximum atomic E-state index is 14.3. The SMILES string of the molecule is COc1ccc(-c2cc(C(F)(F)F)c3c(N)ncnn23)cc1C(=O)N[C@H](C)c1cc(C(F)(F)F)ccc1F. The zero-order valence-electron chi connectivity index (χ0n) is 19.6. The van der Waals surface area contributed by atoms with Crippen molar-refractivity contribution in [3.05, 3.63) is 76.9 Å². The minimum absolute atomic E-state index is 0.00834. The van der Waals surface area contributed by atoms with Gasteiger partial charge in [0.05, 0.1) is 35.5 Å². The maximum absolute atomic E-state index is 14.3. The fourth-order valence-corrected chi connectivity index (χ4v) is 3.94. The smallest absolute Gasteiger partial charge is 0.418 e. The van der Waals surface area contributed by atoms with Crippen molar-refractivity contribution in [2.24, 2.45) is 0 Å². The Labute approximate surface area is 210 Å². The number of halogens is 7. The van der Waals surface area contributed by atoms with Crippen molar-refractivity contribution in [3.8, 4) is 17.0 Å². The number of carbonyl (C=O) groups excluding carboxylic acids is 1. The molecule has 7 nitrogen and oxygen atoms in total. The van der Waals surface area contributed by atoms with E-state index in [-0.39, 0.29) is 22.6 Å². The molecule has 0 aliphatic rings. The Morgan fingerprint density at radius 2 is 1.76 bits per heavy atom. The molecule has 0 fully saturated rings. The molecule has 1 amide bonds. The third kappa shape index (κ3) is 4.93. The summed E-state index contributed by atoms with van der Waals surface area (Å²) in [5, 5.41) is 6.26. The number of carbonyl (C=O) groups is 1. The Morgan fingerprint density at radius 3 is 2.39 bits per heavy atom. The lowest BCUT2D eigenvalue weighted by atomic mass is 10.0. The molecule has 200 valence electrons. The Morgan fingerprint density at radius 1 is 1.05 bits per heavy atom. The van der Waals surface area contributed by atoms with Crippen LogP contribution in [0.3, 0.4) is 0 Å². The first-order chi connectivity index (χ1) is 17.7. The van der Waals surface area contributed by atoms with Crippen LogP contribution in [0.2, 0.25) is 0 Å². The highest BCUT2D eigenvalue weighted by Gasteiger charge is 2.37. The predicted molar refractivity (Wildman–Crippen MR) is 122 cm³/mol. The highest BCUT2D eigenvalue weighted by molar-refractivity contribution is 5.98. The van der Waals surface area contributed by atoms with Crippen molar-refractivity contribution in [2.45, 2.75) is 25.3 Å². The van der Waals surface area contributed by atoms with Gasteiger partial charge in [0, 0.05) is 11.1 Å². The zero-order valence-corrected chi connectivity index (χ0v) is 19.6. The molecule has 14 heteroatoms. The molecule has 38 heavy (non-hydrogen) atoms. The number of nitrogens with two attached hydrogens (primary N) is 1. The summed E-state index contributed by atoms with van der Waals surface area (Å²) in [6.07, 6.45) is -8.56. The van der Waals surface area contributed by atoms with Crippen molar-refractivity contribution >= 4 is 17.2 Å². The number of anilines is 1. The third-order valence-corrected chi connectivity index (χ3v) is 5.77. The number of amides is 1. The average molecular weight is 541 g/mol. The molecule has 0 unspecified atom stereocenters. The maximum Gasteiger partial charge on any atom is 0.418 e. The van der Waals surface area contributed by atoms with Gasteiger partial charge in [0.25, 0.3) is 5.91 Å². The Bertz CT molecular complexity index is 1530. The van der Waals surface area contributed by atoms with Crippen LogP contribution in [0.1, 0.15) is 40.0 Å². The number of alkyl halides is 6. The molecule has 0 spiro atoms. The van der Waals surface area contributed by atoms with Gasteiger partial charge in [0.15, 0.2) is 5.82 Å². The lowest BCUT2D eigenvalue weighted by molar-refractivity contribution is -0.138. The standard InChI is InChI=1S/C24H18F7N5O2/c1-11(14-8-13(23(26,27)28)4-5-17(14)25)35-22(37)15-7-12(3-6-19(15)38-2)18-9-16(24(29,30)31)20-21(32)33-10-34-36(18)20/h3-11H,1-2H3,(H,35,37)(H2,32,33,34)/t11-/m1/s1. The molecule has 0 aliphatic carbocycles. The fourth-order valence-electron chi connectivity index (χ4n) is 3.94. The number of nitrogens with one attached hydrogen (secondary N) is 1. The van der Waals surface area contributed by atoms with E-state index in [4.69, 9.17) is 10.5 Å². The fraction of sp³-hybridized carbons (Fsp3) is 0.208. The molecule has 0 saturated heterocycles. The monoisotopic (exact) mass is 541 g/mol. The van der Waals surface area contributed by atoms with Crippen molar-refractivity contribution in [2.75, 3.05) is 12.8 Å². The molecule has 0 aliphatic heterocycles. The highest BCUT2D eigenvalue weighted by Crippen LogP contribution is 2.39. The normalized spacial score (nSPS) is 13.0. The number of nitrogen functional groups attached to an aromatic ring is 1. The summed E-state index contributed by atoms with van der Waals surface area (Å²) in [4.78, 5) is 16.7. The van der Waals surface area contributed by atoms with Crippen LogP contribution in [0.25, 0.3) is 16.8 Å². The largest absolute Gasteiger partial charge is 0.496 e. The Balaban J connectivity index is 1.75. The first-order valence-corrected chi connectivity index (χ1v) is 10.8. The number of hydrogen-bond donors (Lipinski definition) is 2. The minimum Gasteiger partial charge on any atom is -0.496 e. The van der Waals surface area contributed by atoms with E-state index in [1.165, 1.54) is 32.2 Å². The van der Waals surface area contributed by atoms with Crippen LogP contribution < -0.4 is 15.8 Å². The summed E-state index contributed by atoms with van der Waals surface area (Å²) < 4.78 is 101. The van der Waals surface area contributed by atoms with Crippen molar-refractivity contribution in [1.29, 1.82) is 0 Å². The zero-order chi connectivity index (χ0) is 28.0. The molecule has 2 aromatic heterocycles. The molecule has 0 radical (unpaired) electrons. The summed E-state index contributed by atoms with van der Waals surface area (Å²) in [5.74, 6) is -2.25. The second kappa shape index (κ2) is 9.50. The van der Waals surface area contributed by atoms with Crippen LogP contribution in [0, 0.1) is 5.82 Å². The number of ether oxygens (including phenoxy) is 1. The Hall–Kier alpha value is -4.36. The van der Waals surface area contributed by atoms with E-state index < -0.39 is 58.1 Å². The third-order valence-electron chi connectivity index (χ3n) is 5.77. The number of aromatic nitrogens is 3. The van der Waals surface area contributed by atoms with Gasteiger partial charge < -0.3 is 15.8 Å². The molecular weight excluding hydrogens is 523 g/mol. The van der Waals surface area contributed by atoms with Gasteiger partial charge >= 0.3 is 12.4 Å². The number of fused-ring (bicyclic) bond motifs is 1. The lowest BCUT2D eigenvalue weighted by Crippen LogP contribution is -2.28. The number of rotatable bonds is 5. The van der Waals surface area contributed by atoms with E-state index >= 15 is 0 Å². The summed E-state index contributed by atoms with van der Waals surface area (Å²) in [6, 6.07) is 5.30. The lowest BCUT2D eigenvalue weighted by Gasteiger charge is -2.18. The first kappa shape index (κ1) is 26.7. The summed E-state index contributed by atoms with van der Waals surface area (Å²) in [6.45, 7) is 1.28. The van der Waals surface area contributed by atoms with E-state index in [2.05, 4.69) is 15.4 Å². The molecule has 4 rings (SSSR count). The van der Waals surface area contributed by atoms with E-state index in [9.17, 15) is 35.5 Å². The molecule has 0 bridgehead atoms. The van der Waals surface area contributed by atoms with Gasteiger partial charge in [-0.3, -0.25) is 4.79 Å². The second-order valence-corrected chi connectivity index (χ2v) is 8.19. The van der Waals surface area contributed by atoms with Gasteiger partial charge in [0.1, 0.15) is 23.4 Å². The topological polar surface area (TPSA) is 94.5 Å². The number of nitrogens with zero attached hydrogens (tertiary/aromatic N) is 3. The number of methoxy groups -OCH3 is 1. The van der Waals surface area contributed by atoms with Gasteiger partial charge in [0.2, 0.25) is 0 Å². The second-order valence-electron chi connectivity index (χ2n) is 8.19. The number of hydrogen-bond acceptors (Lipinski definition) is 5. The Kier molecular flexibility index (Phi) is 6.68. The van der Waals surface area contributed by atoms with E-state index in [1.54, 1.807) is 0 Å². The average Bonchev–Trinajstić information content (AvgIpc) is 3.25. The van der Waals surface area contributed by atoms with Gasteiger partial charge in [-0.25, -0.2) is 13.9 Å². The quantitative estimate of drug-likeness (QED) is 0.319. The van der Waals surface area contributed by atoms with Gasteiger partial charge in [-0.1, -0.05) is 0 Å². The van der Waals surface area contributed by atoms with E-state index in [0.29, 0.717) is 18.2 Å². The highest BCUT2D eigenvalue weighted by atomic mass is 19.4. The van der Waals surface area contributed by atoms with Crippen LogP contribution in [0.15, 0.2) is 48.8 Å². The van der Waals surface area contributed by atoms with Crippen molar-refractivity contribution in [3.63, 3.8) is 0 Å².